The molecule has 1 unspecified atom stereocenters. The van der Waals surface area contributed by atoms with Crippen LogP contribution in [0.4, 0.5) is 0 Å². The standard InChI is InChI=1S/C11H14N4O4/c1-17-5-7(16)3-10-14-11(15-19-10)8-4-9(18-2)13-6-12-8/h4,6-7,16H,3,5H2,1-2H3. The molecule has 0 saturated heterocycles. The van der Waals surface area contributed by atoms with Gasteiger partial charge in [-0.3, -0.25) is 0 Å². The number of hydrogen-bond donors (Lipinski definition) is 1. The molecule has 0 aliphatic heterocycles. The summed E-state index contributed by atoms with van der Waals surface area (Å²) in [6.45, 7) is 0.207. The molecule has 8 heteroatoms. The Morgan fingerprint density at radius 2 is 2.21 bits per heavy atom. The lowest BCUT2D eigenvalue weighted by Crippen LogP contribution is -2.17. The van der Waals surface area contributed by atoms with Gasteiger partial charge in [0.05, 0.1) is 26.2 Å². The Balaban J connectivity index is 2.11. The number of aliphatic hydroxyl groups is 1. The Morgan fingerprint density at radius 3 is 2.95 bits per heavy atom. The van der Waals surface area contributed by atoms with Gasteiger partial charge in [0, 0.05) is 13.2 Å². The second kappa shape index (κ2) is 6.21. The predicted molar refractivity (Wildman–Crippen MR) is 63.5 cm³/mol. The first-order chi connectivity index (χ1) is 9.22. The van der Waals surface area contributed by atoms with Crippen molar-refractivity contribution in [3.8, 4) is 17.4 Å². The first kappa shape index (κ1) is 13.4. The van der Waals surface area contributed by atoms with Crippen LogP contribution in [0.1, 0.15) is 5.89 Å². The van der Waals surface area contributed by atoms with E-state index in [0.29, 0.717) is 23.3 Å². The van der Waals surface area contributed by atoms with Crippen molar-refractivity contribution in [2.75, 3.05) is 20.8 Å². The maximum atomic E-state index is 9.57. The molecule has 0 spiro atoms. The van der Waals surface area contributed by atoms with Crippen molar-refractivity contribution in [2.45, 2.75) is 12.5 Å². The van der Waals surface area contributed by atoms with Gasteiger partial charge >= 0.3 is 0 Å². The summed E-state index contributed by atoms with van der Waals surface area (Å²) in [5.41, 5.74) is 0.489. The zero-order valence-electron chi connectivity index (χ0n) is 10.6. The number of nitrogens with zero attached hydrogens (tertiary/aromatic N) is 4. The normalized spacial score (nSPS) is 12.4. The third kappa shape index (κ3) is 3.46. The van der Waals surface area contributed by atoms with Gasteiger partial charge in [-0.15, -0.1) is 0 Å². The molecule has 0 aromatic carbocycles. The highest BCUT2D eigenvalue weighted by Gasteiger charge is 2.14. The molecule has 0 saturated carbocycles. The average molecular weight is 266 g/mol. The molecule has 19 heavy (non-hydrogen) atoms. The van der Waals surface area contributed by atoms with Crippen LogP contribution in [-0.4, -0.2) is 52.1 Å². The minimum atomic E-state index is -0.682. The molecule has 102 valence electrons. The van der Waals surface area contributed by atoms with Crippen molar-refractivity contribution < 1.29 is 19.1 Å². The third-order valence-electron chi connectivity index (χ3n) is 2.32. The van der Waals surface area contributed by atoms with Gasteiger partial charge < -0.3 is 19.1 Å². The van der Waals surface area contributed by atoms with Crippen molar-refractivity contribution in [2.24, 2.45) is 0 Å². The van der Waals surface area contributed by atoms with Crippen LogP contribution in [0.3, 0.4) is 0 Å². The van der Waals surface area contributed by atoms with Gasteiger partial charge in [0.1, 0.15) is 12.0 Å². The number of aliphatic hydroxyl groups excluding tert-OH is 1. The van der Waals surface area contributed by atoms with Gasteiger partial charge in [0.25, 0.3) is 0 Å². The summed E-state index contributed by atoms with van der Waals surface area (Å²) >= 11 is 0. The van der Waals surface area contributed by atoms with Crippen molar-refractivity contribution in [1.29, 1.82) is 0 Å². The molecule has 1 atom stereocenters. The lowest BCUT2D eigenvalue weighted by Gasteiger charge is -2.04. The van der Waals surface area contributed by atoms with Gasteiger partial charge in [0.2, 0.25) is 17.6 Å². The highest BCUT2D eigenvalue weighted by molar-refractivity contribution is 5.49. The summed E-state index contributed by atoms with van der Waals surface area (Å²) in [6, 6.07) is 1.60. The topological polar surface area (TPSA) is 103 Å². The maximum absolute atomic E-state index is 9.57. The molecular weight excluding hydrogens is 252 g/mol. The fraction of sp³-hybridized carbons (Fsp3) is 0.455. The van der Waals surface area contributed by atoms with Gasteiger partial charge in [-0.1, -0.05) is 5.16 Å². The minimum absolute atomic E-state index is 0.207. The molecule has 2 aromatic heterocycles. The van der Waals surface area contributed by atoms with E-state index in [1.54, 1.807) is 6.07 Å². The van der Waals surface area contributed by atoms with E-state index < -0.39 is 6.10 Å². The molecule has 0 aliphatic carbocycles. The minimum Gasteiger partial charge on any atom is -0.481 e. The Hall–Kier alpha value is -2.06. The number of hydrogen-bond acceptors (Lipinski definition) is 8. The summed E-state index contributed by atoms with van der Waals surface area (Å²) in [6.07, 6.45) is 0.894. The first-order valence-electron chi connectivity index (χ1n) is 5.59. The van der Waals surface area contributed by atoms with Crippen LogP contribution in [0, 0.1) is 0 Å². The lowest BCUT2D eigenvalue weighted by molar-refractivity contribution is 0.0599. The quantitative estimate of drug-likeness (QED) is 0.784. The molecule has 0 fully saturated rings. The predicted octanol–water partition coefficient (Wildman–Crippen LogP) is 0.0850. The molecule has 2 aromatic rings. The van der Waals surface area contributed by atoms with E-state index in [1.165, 1.54) is 20.5 Å². The lowest BCUT2D eigenvalue weighted by atomic mass is 10.3. The third-order valence-corrected chi connectivity index (χ3v) is 2.32. The fourth-order valence-corrected chi connectivity index (χ4v) is 1.47. The van der Waals surface area contributed by atoms with E-state index in [2.05, 4.69) is 20.1 Å². The first-order valence-corrected chi connectivity index (χ1v) is 5.59. The molecule has 8 nitrogen and oxygen atoms in total. The maximum Gasteiger partial charge on any atom is 0.229 e. The number of methoxy groups -OCH3 is 2. The molecule has 0 radical (unpaired) electrons. The second-order valence-corrected chi connectivity index (χ2v) is 3.77. The van der Waals surface area contributed by atoms with Crippen LogP contribution in [-0.2, 0) is 11.2 Å². The van der Waals surface area contributed by atoms with Gasteiger partial charge in [-0.2, -0.15) is 4.98 Å². The van der Waals surface area contributed by atoms with E-state index in [0.717, 1.165) is 0 Å². The van der Waals surface area contributed by atoms with E-state index >= 15 is 0 Å². The summed E-state index contributed by atoms with van der Waals surface area (Å²) < 4.78 is 14.8. The number of ether oxygens (including phenoxy) is 2. The molecule has 0 aliphatic rings. The second-order valence-electron chi connectivity index (χ2n) is 3.77. The van der Waals surface area contributed by atoms with Crippen LogP contribution in [0.2, 0.25) is 0 Å². The molecule has 1 N–H and O–H groups in total. The fourth-order valence-electron chi connectivity index (χ4n) is 1.47. The van der Waals surface area contributed by atoms with E-state index in [9.17, 15) is 5.11 Å². The molecule has 0 amide bonds. The zero-order valence-corrected chi connectivity index (χ0v) is 10.6. The van der Waals surface area contributed by atoms with Gasteiger partial charge in [-0.25, -0.2) is 9.97 Å². The number of aromatic nitrogens is 4. The van der Waals surface area contributed by atoms with Crippen LogP contribution in [0.15, 0.2) is 16.9 Å². The number of rotatable bonds is 6. The van der Waals surface area contributed by atoms with Gasteiger partial charge in [0.15, 0.2) is 0 Å². The van der Waals surface area contributed by atoms with Crippen LogP contribution in [0.5, 0.6) is 5.88 Å². The Kier molecular flexibility index (Phi) is 4.37. The Bertz CT molecular complexity index is 531. The summed E-state index contributed by atoms with van der Waals surface area (Å²) in [5.74, 6) is 1.05. The van der Waals surface area contributed by atoms with Crippen molar-refractivity contribution in [3.63, 3.8) is 0 Å². The smallest absolute Gasteiger partial charge is 0.229 e. The zero-order chi connectivity index (χ0) is 13.7. The van der Waals surface area contributed by atoms with Crippen molar-refractivity contribution in [1.82, 2.24) is 20.1 Å². The molecular formula is C11H14N4O4. The molecule has 0 bridgehead atoms. The SMILES string of the molecule is COCC(O)Cc1nc(-c2cc(OC)ncn2)no1. The summed E-state index contributed by atoms with van der Waals surface area (Å²) in [7, 11) is 3.02. The Morgan fingerprint density at radius 1 is 1.37 bits per heavy atom. The van der Waals surface area contributed by atoms with Crippen LogP contribution >= 0.6 is 0 Å². The highest BCUT2D eigenvalue weighted by Crippen LogP contribution is 2.16. The summed E-state index contributed by atoms with van der Waals surface area (Å²) in [4.78, 5) is 12.0. The van der Waals surface area contributed by atoms with E-state index in [-0.39, 0.29) is 13.0 Å². The summed E-state index contributed by atoms with van der Waals surface area (Å²) in [5, 5.41) is 13.4. The average Bonchev–Trinajstić information content (AvgIpc) is 2.87. The van der Waals surface area contributed by atoms with Crippen LogP contribution in [0.25, 0.3) is 11.5 Å². The monoisotopic (exact) mass is 266 g/mol. The van der Waals surface area contributed by atoms with Gasteiger partial charge in [-0.05, 0) is 0 Å². The molecule has 2 heterocycles. The van der Waals surface area contributed by atoms with E-state index in [4.69, 9.17) is 14.0 Å². The Labute approximate surface area is 109 Å². The van der Waals surface area contributed by atoms with Crippen molar-refractivity contribution >= 4 is 0 Å². The highest BCUT2D eigenvalue weighted by atomic mass is 16.5. The van der Waals surface area contributed by atoms with Crippen molar-refractivity contribution in [3.05, 3.63) is 18.3 Å². The largest absolute Gasteiger partial charge is 0.481 e. The van der Waals surface area contributed by atoms with Crippen LogP contribution < -0.4 is 4.74 Å². The van der Waals surface area contributed by atoms with E-state index in [1.807, 2.05) is 0 Å². The molecule has 2 rings (SSSR count).